The summed E-state index contributed by atoms with van der Waals surface area (Å²) in [6.45, 7) is 3.22. The summed E-state index contributed by atoms with van der Waals surface area (Å²) in [6.07, 6.45) is 3.30. The fraction of sp³-hybridized carbons (Fsp3) is 0.333. The number of benzene rings is 1. The lowest BCUT2D eigenvalue weighted by Gasteiger charge is -2.15. The minimum absolute atomic E-state index is 0.291. The van der Waals surface area contributed by atoms with Gasteiger partial charge in [0.1, 0.15) is 11.3 Å². The van der Waals surface area contributed by atoms with Crippen molar-refractivity contribution in [2.75, 3.05) is 6.54 Å². The molecule has 3 aromatic rings. The Labute approximate surface area is 129 Å². The van der Waals surface area contributed by atoms with Crippen LogP contribution in [0.2, 0.25) is 0 Å². The number of hydrogen-bond donors (Lipinski definition) is 1. The number of hydrogen-bond acceptors (Lipinski definition) is 3. The van der Waals surface area contributed by atoms with Crippen LogP contribution in [0, 0.1) is 0 Å². The third kappa shape index (κ3) is 3.55. The van der Waals surface area contributed by atoms with E-state index in [-0.39, 0.29) is 0 Å². The van der Waals surface area contributed by atoms with Crippen LogP contribution in [0.4, 0.5) is 0 Å². The van der Waals surface area contributed by atoms with Crippen molar-refractivity contribution < 1.29 is 4.42 Å². The molecule has 0 aliphatic rings. The lowest BCUT2D eigenvalue weighted by molar-refractivity contribution is 0.411. The van der Waals surface area contributed by atoms with E-state index in [4.69, 9.17) is 4.42 Å². The second-order valence-corrected chi connectivity index (χ2v) is 6.34. The maximum absolute atomic E-state index is 6.04. The zero-order chi connectivity index (χ0) is 14.5. The summed E-state index contributed by atoms with van der Waals surface area (Å²) in [4.78, 5) is 1.44. The molecule has 2 heterocycles. The SMILES string of the molecule is CCCNC(CCc1cccs1)c1cc2ccccc2o1. The third-order valence-electron chi connectivity index (χ3n) is 3.69. The molecule has 0 bridgehead atoms. The van der Waals surface area contributed by atoms with Gasteiger partial charge in [-0.15, -0.1) is 11.3 Å². The first-order valence-electron chi connectivity index (χ1n) is 7.61. The van der Waals surface area contributed by atoms with Crippen molar-refractivity contribution in [1.82, 2.24) is 5.32 Å². The van der Waals surface area contributed by atoms with E-state index in [0.717, 1.165) is 37.2 Å². The van der Waals surface area contributed by atoms with Crippen molar-refractivity contribution >= 4 is 22.3 Å². The molecule has 2 nitrogen and oxygen atoms in total. The zero-order valence-electron chi connectivity index (χ0n) is 12.3. The molecular weight excluding hydrogens is 278 g/mol. The third-order valence-corrected chi connectivity index (χ3v) is 4.62. The first-order valence-corrected chi connectivity index (χ1v) is 8.49. The molecule has 0 aliphatic heterocycles. The van der Waals surface area contributed by atoms with Crippen molar-refractivity contribution in [2.45, 2.75) is 32.2 Å². The minimum atomic E-state index is 0.291. The summed E-state index contributed by atoms with van der Waals surface area (Å²) in [5.41, 5.74) is 0.979. The monoisotopic (exact) mass is 299 g/mol. The van der Waals surface area contributed by atoms with Gasteiger partial charge in [0, 0.05) is 10.3 Å². The highest BCUT2D eigenvalue weighted by atomic mass is 32.1. The number of rotatable bonds is 7. The van der Waals surface area contributed by atoms with Crippen molar-refractivity contribution in [3.8, 4) is 0 Å². The second-order valence-electron chi connectivity index (χ2n) is 5.31. The van der Waals surface area contributed by atoms with Gasteiger partial charge in [0.2, 0.25) is 0 Å². The smallest absolute Gasteiger partial charge is 0.134 e. The fourth-order valence-corrected chi connectivity index (χ4v) is 3.30. The maximum Gasteiger partial charge on any atom is 0.134 e. The highest BCUT2D eigenvalue weighted by Crippen LogP contribution is 2.27. The van der Waals surface area contributed by atoms with Crippen molar-refractivity contribution in [1.29, 1.82) is 0 Å². The molecule has 110 valence electrons. The molecule has 3 heteroatoms. The largest absolute Gasteiger partial charge is 0.459 e. The minimum Gasteiger partial charge on any atom is -0.459 e. The maximum atomic E-state index is 6.04. The Morgan fingerprint density at radius 2 is 2.10 bits per heavy atom. The summed E-state index contributed by atoms with van der Waals surface area (Å²) in [5.74, 6) is 1.06. The molecule has 1 N–H and O–H groups in total. The average Bonchev–Trinajstić information content (AvgIpc) is 3.16. The molecule has 0 saturated carbocycles. The number of nitrogens with one attached hydrogen (secondary N) is 1. The molecule has 0 aliphatic carbocycles. The molecule has 0 amide bonds. The molecule has 21 heavy (non-hydrogen) atoms. The Kier molecular flexibility index (Phi) is 4.73. The van der Waals surface area contributed by atoms with Gasteiger partial charge in [-0.2, -0.15) is 0 Å². The van der Waals surface area contributed by atoms with E-state index >= 15 is 0 Å². The molecule has 2 aromatic heterocycles. The van der Waals surface area contributed by atoms with E-state index in [9.17, 15) is 0 Å². The molecule has 1 aromatic carbocycles. The van der Waals surface area contributed by atoms with Gasteiger partial charge in [-0.05, 0) is 49.4 Å². The van der Waals surface area contributed by atoms with Crippen LogP contribution in [0.25, 0.3) is 11.0 Å². The van der Waals surface area contributed by atoms with Crippen molar-refractivity contribution in [3.63, 3.8) is 0 Å². The van der Waals surface area contributed by atoms with Crippen molar-refractivity contribution in [3.05, 3.63) is 58.5 Å². The molecular formula is C18H21NOS. The van der Waals surface area contributed by atoms with Gasteiger partial charge >= 0.3 is 0 Å². The molecule has 3 rings (SSSR count). The zero-order valence-corrected chi connectivity index (χ0v) is 13.2. The first kappa shape index (κ1) is 14.4. The van der Waals surface area contributed by atoms with Crippen LogP contribution in [-0.2, 0) is 6.42 Å². The first-order chi connectivity index (χ1) is 10.4. The summed E-state index contributed by atoms with van der Waals surface area (Å²) < 4.78 is 6.04. The van der Waals surface area contributed by atoms with Crippen LogP contribution >= 0.6 is 11.3 Å². The van der Waals surface area contributed by atoms with Crippen LogP contribution in [0.3, 0.4) is 0 Å². The van der Waals surface area contributed by atoms with Gasteiger partial charge in [-0.25, -0.2) is 0 Å². The van der Waals surface area contributed by atoms with E-state index < -0.39 is 0 Å². The van der Waals surface area contributed by atoms with Gasteiger partial charge in [0.15, 0.2) is 0 Å². The molecule has 1 unspecified atom stereocenters. The number of thiophene rings is 1. The van der Waals surface area contributed by atoms with Crippen molar-refractivity contribution in [2.24, 2.45) is 0 Å². The fourth-order valence-electron chi connectivity index (χ4n) is 2.58. The Bertz CT molecular complexity index is 638. The molecule has 0 fully saturated rings. The Morgan fingerprint density at radius 1 is 1.19 bits per heavy atom. The van der Waals surface area contributed by atoms with Gasteiger partial charge in [-0.1, -0.05) is 31.2 Å². The summed E-state index contributed by atoms with van der Waals surface area (Å²) in [7, 11) is 0. The predicted molar refractivity (Wildman–Crippen MR) is 89.9 cm³/mol. The van der Waals surface area contributed by atoms with E-state index in [1.165, 1.54) is 10.3 Å². The van der Waals surface area contributed by atoms with Crippen LogP contribution in [0.15, 0.2) is 52.3 Å². The Hall–Kier alpha value is -1.58. The van der Waals surface area contributed by atoms with Gasteiger partial charge in [0.05, 0.1) is 6.04 Å². The second kappa shape index (κ2) is 6.92. The van der Waals surface area contributed by atoms with Gasteiger partial charge < -0.3 is 9.73 Å². The molecule has 1 atom stereocenters. The van der Waals surface area contributed by atoms with Gasteiger partial charge in [-0.3, -0.25) is 0 Å². The average molecular weight is 299 g/mol. The lowest BCUT2D eigenvalue weighted by atomic mass is 10.1. The normalized spacial score (nSPS) is 12.8. The summed E-state index contributed by atoms with van der Waals surface area (Å²) >= 11 is 1.83. The molecule has 0 spiro atoms. The Morgan fingerprint density at radius 3 is 2.86 bits per heavy atom. The predicted octanol–water partition coefficient (Wildman–Crippen LogP) is 5.17. The van der Waals surface area contributed by atoms with Gasteiger partial charge in [0.25, 0.3) is 0 Å². The number of furan rings is 1. The van der Waals surface area contributed by atoms with E-state index in [1.807, 2.05) is 23.5 Å². The quantitative estimate of drug-likeness (QED) is 0.651. The molecule has 0 saturated heterocycles. The van der Waals surface area contributed by atoms with E-state index in [1.54, 1.807) is 0 Å². The lowest BCUT2D eigenvalue weighted by Crippen LogP contribution is -2.22. The van der Waals surface area contributed by atoms with Crippen LogP contribution in [-0.4, -0.2) is 6.54 Å². The van der Waals surface area contributed by atoms with E-state index in [0.29, 0.717) is 6.04 Å². The van der Waals surface area contributed by atoms with Crippen LogP contribution in [0.1, 0.15) is 36.4 Å². The standard InChI is InChI=1S/C18H21NOS/c1-2-11-19-16(10-9-15-7-5-12-21-15)18-13-14-6-3-4-8-17(14)20-18/h3-8,12-13,16,19H,2,9-11H2,1H3. The molecule has 0 radical (unpaired) electrons. The van der Waals surface area contributed by atoms with E-state index in [2.05, 4.69) is 48.0 Å². The number of aryl methyl sites for hydroxylation is 1. The highest BCUT2D eigenvalue weighted by Gasteiger charge is 2.15. The highest BCUT2D eigenvalue weighted by molar-refractivity contribution is 7.09. The van der Waals surface area contributed by atoms with Crippen LogP contribution in [0.5, 0.6) is 0 Å². The summed E-state index contributed by atoms with van der Waals surface area (Å²) in [5, 5.41) is 6.95. The Balaban J connectivity index is 1.76. The topological polar surface area (TPSA) is 25.2 Å². The summed E-state index contributed by atoms with van der Waals surface area (Å²) in [6, 6.07) is 15.0. The number of para-hydroxylation sites is 1. The van der Waals surface area contributed by atoms with Crippen LogP contribution < -0.4 is 5.32 Å². The number of fused-ring (bicyclic) bond motifs is 1.